The Balaban J connectivity index is 0.000000205. The summed E-state index contributed by atoms with van der Waals surface area (Å²) < 4.78 is 31.3. The summed E-state index contributed by atoms with van der Waals surface area (Å²) in [4.78, 5) is 47.6. The van der Waals surface area contributed by atoms with Gasteiger partial charge in [-0.1, -0.05) is 111 Å². The maximum absolute atomic E-state index is 12.5. The number of aliphatic hydroxyl groups excluding tert-OH is 1. The fraction of sp³-hybridized carbons (Fsp3) is 0.691. The molecular formula is C97H166N22O8. The van der Waals surface area contributed by atoms with Crippen molar-refractivity contribution in [3.8, 4) is 17.5 Å². The van der Waals surface area contributed by atoms with Crippen LogP contribution in [0.2, 0.25) is 0 Å². The second-order valence-electron chi connectivity index (χ2n) is 44.1. The third-order valence-electron chi connectivity index (χ3n) is 23.1. The van der Waals surface area contributed by atoms with Gasteiger partial charge in [-0.05, 0) is 225 Å². The van der Waals surface area contributed by atoms with E-state index in [4.69, 9.17) is 41.1 Å². The number of nitrogen functional groups attached to an aromatic ring is 2. The number of anilines is 2. The van der Waals surface area contributed by atoms with Crippen LogP contribution in [0.5, 0.6) is 0 Å². The number of nitrogens with one attached hydrogen (secondary N) is 2. The molecule has 0 radical (unpaired) electrons. The van der Waals surface area contributed by atoms with E-state index >= 15 is 0 Å². The first-order chi connectivity index (χ1) is 58.5. The predicted octanol–water partition coefficient (Wildman–Crippen LogP) is 17.5. The fourth-order valence-electron chi connectivity index (χ4n) is 16.5. The van der Waals surface area contributed by atoms with Gasteiger partial charge in [-0.2, -0.15) is 25.5 Å². The topological polar surface area (TPSA) is 318 Å². The number of carbonyl (C=O) groups excluding carboxylic acids is 3. The molecule has 0 spiro atoms. The minimum Gasteiger partial charge on any atom is -0.444 e. The van der Waals surface area contributed by atoms with Gasteiger partial charge in [0.2, 0.25) is 0 Å². The number of likely N-dealkylation sites (N-methyl/N-ethyl adjacent to an activating group) is 3. The van der Waals surface area contributed by atoms with Crippen molar-refractivity contribution in [1.82, 2.24) is 97.9 Å². The Kier molecular flexibility index (Phi) is 35.4. The first kappa shape index (κ1) is 105. The zero-order valence-electron chi connectivity index (χ0n) is 84.6. The number of β-amino-alcohol motifs (C(OH)–C–C–N with tert-alkyl or cyclic N) is 1. The van der Waals surface area contributed by atoms with Crippen LogP contribution < -0.4 is 16.9 Å². The highest BCUT2D eigenvalue weighted by Crippen LogP contribution is 2.37. The van der Waals surface area contributed by atoms with Crippen molar-refractivity contribution in [3.05, 3.63) is 129 Å². The largest absolute Gasteiger partial charge is 0.444 e. The van der Waals surface area contributed by atoms with E-state index in [1.807, 2.05) is 74.4 Å². The zero-order chi connectivity index (χ0) is 95.5. The van der Waals surface area contributed by atoms with E-state index in [0.29, 0.717) is 68.3 Å². The molecule has 6 aliphatic rings. The highest BCUT2D eigenvalue weighted by molar-refractivity contribution is 5.69. The molecule has 712 valence electrons. The molecule has 6 atom stereocenters. The normalized spacial score (nSPS) is 19.6. The number of nitrogens with zero attached hydrogens (tertiary/aromatic N) is 18. The molecule has 8 aromatic rings. The quantitative estimate of drug-likeness (QED) is 0.0638. The molecule has 8 N–H and O–H groups in total. The Morgan fingerprint density at radius 2 is 0.661 bits per heavy atom. The maximum atomic E-state index is 12.5. The highest BCUT2D eigenvalue weighted by atomic mass is 16.6. The van der Waals surface area contributed by atoms with Crippen molar-refractivity contribution >= 4 is 29.9 Å². The number of hydroxylamine groups is 1. The summed E-state index contributed by atoms with van der Waals surface area (Å²) in [5, 5.41) is 42.9. The smallest absolute Gasteiger partial charge is 0.410 e. The SMILES string of the molecule is CC(C)(C)OC(=O)N1CCC(O)C1.CC1CCN(C(=O)OC(C)(C)C)C1.CN1CCC(n2nc(N)cc2C(C)(C)C)C1.CN1CCC(n2nc(N)cc2C(C)(C)C)C1.CNO.Cc1ccc(C)n1-c1cc(C(C)(C)C)[nH]n1.Cc1ccc(C)n1-c1cc(C(C)(C)C)n(C2CCN(C(=O)OC(C)(C)C)C2)n1.Cc1ccc(C)n1-c1cc(C(C)(C)C)n(C2CCN(C)C2)n1. The number of aryl methyl sites for hydroxylation is 6. The van der Waals surface area contributed by atoms with E-state index in [9.17, 15) is 19.5 Å². The molecule has 0 aliphatic carbocycles. The molecule has 8 aromatic heterocycles. The average Bonchev–Trinajstić information content (AvgIpc) is 1.62. The molecule has 14 rings (SSSR count). The first-order valence-electron chi connectivity index (χ1n) is 45.9. The summed E-state index contributed by atoms with van der Waals surface area (Å²) in [7, 11) is 7.94. The molecule has 30 nitrogen and oxygen atoms in total. The number of rotatable bonds is 7. The number of amides is 3. The Bertz CT molecular complexity index is 4630. The molecule has 6 aliphatic heterocycles. The highest BCUT2D eigenvalue weighted by Gasteiger charge is 2.38. The lowest BCUT2D eigenvalue weighted by Gasteiger charge is -2.25. The molecule has 6 unspecified atom stereocenters. The second-order valence-corrected chi connectivity index (χ2v) is 44.1. The van der Waals surface area contributed by atoms with Crippen molar-refractivity contribution < 1.29 is 38.9 Å². The summed E-state index contributed by atoms with van der Waals surface area (Å²) in [5.74, 6) is 4.87. The van der Waals surface area contributed by atoms with Gasteiger partial charge in [0, 0.05) is 186 Å². The van der Waals surface area contributed by atoms with Crippen LogP contribution in [0.25, 0.3) is 17.5 Å². The lowest BCUT2D eigenvalue weighted by atomic mass is 9.91. The minimum atomic E-state index is -0.478. The third kappa shape index (κ3) is 30.3. The number of ether oxygens (including phenoxy) is 3. The number of nitrogens with two attached hydrogens (primary N) is 2. The van der Waals surface area contributed by atoms with E-state index in [-0.39, 0.29) is 63.1 Å². The van der Waals surface area contributed by atoms with Gasteiger partial charge < -0.3 is 79.1 Å². The summed E-state index contributed by atoms with van der Waals surface area (Å²) >= 11 is 0. The molecule has 3 amide bonds. The van der Waals surface area contributed by atoms with Crippen molar-refractivity contribution in [1.29, 1.82) is 0 Å². The molecule has 30 heteroatoms. The molecule has 127 heavy (non-hydrogen) atoms. The second kappa shape index (κ2) is 42.7. The molecule has 6 saturated heterocycles. The number of aromatic amines is 1. The van der Waals surface area contributed by atoms with Crippen LogP contribution in [0.3, 0.4) is 0 Å². The Morgan fingerprint density at radius 3 is 0.929 bits per heavy atom. The number of aliphatic hydroxyl groups is 1. The zero-order valence-corrected chi connectivity index (χ0v) is 84.6. The van der Waals surface area contributed by atoms with Gasteiger partial charge >= 0.3 is 18.3 Å². The Hall–Kier alpha value is -8.94. The van der Waals surface area contributed by atoms with Crippen molar-refractivity contribution in [2.75, 3.05) is 118 Å². The van der Waals surface area contributed by atoms with Crippen LogP contribution in [0.4, 0.5) is 26.0 Å². The lowest BCUT2D eigenvalue weighted by Crippen LogP contribution is -2.35. The van der Waals surface area contributed by atoms with Crippen molar-refractivity contribution in [2.24, 2.45) is 5.92 Å². The third-order valence-corrected chi connectivity index (χ3v) is 23.1. The van der Waals surface area contributed by atoms with Gasteiger partial charge in [0.05, 0.1) is 30.3 Å². The van der Waals surface area contributed by atoms with E-state index in [1.165, 1.54) is 88.1 Å². The van der Waals surface area contributed by atoms with Gasteiger partial charge in [-0.25, -0.2) is 19.9 Å². The summed E-state index contributed by atoms with van der Waals surface area (Å²) in [6.45, 7) is 75.6. The van der Waals surface area contributed by atoms with Crippen molar-refractivity contribution in [2.45, 2.75) is 327 Å². The van der Waals surface area contributed by atoms with E-state index < -0.39 is 11.2 Å². The van der Waals surface area contributed by atoms with Gasteiger partial charge in [-0.15, -0.1) is 0 Å². The molecule has 0 aromatic carbocycles. The number of aromatic nitrogens is 13. The van der Waals surface area contributed by atoms with Crippen LogP contribution in [0.15, 0.2) is 66.7 Å². The molecule has 14 heterocycles. The molecule has 0 saturated carbocycles. The maximum Gasteiger partial charge on any atom is 0.410 e. The van der Waals surface area contributed by atoms with Crippen LogP contribution in [-0.4, -0.2) is 251 Å². The van der Waals surface area contributed by atoms with E-state index in [2.05, 4.69) is 296 Å². The number of H-pyrrole nitrogens is 1. The van der Waals surface area contributed by atoms with Crippen molar-refractivity contribution in [3.63, 3.8) is 0 Å². The molecule has 0 bridgehead atoms. The van der Waals surface area contributed by atoms with Gasteiger partial charge in [0.15, 0.2) is 17.5 Å². The molecular weight excluding hydrogens is 1600 g/mol. The molecule has 6 fully saturated rings. The minimum absolute atomic E-state index is 0.0421. The first-order valence-corrected chi connectivity index (χ1v) is 45.9. The van der Waals surface area contributed by atoms with Crippen LogP contribution in [0, 0.1) is 47.5 Å². The van der Waals surface area contributed by atoms with Crippen LogP contribution >= 0.6 is 0 Å². The summed E-state index contributed by atoms with van der Waals surface area (Å²) in [6, 6.07) is 25.0. The monoisotopic (exact) mass is 1770 g/mol. The van der Waals surface area contributed by atoms with E-state index in [1.54, 1.807) is 15.3 Å². The standard InChI is InChI=1S/C22H34N4O2.C18H28N4.C13H19N3.2C12H22N4.C10H19NO2.C9H17NO3.CH5NO/c1-15-9-10-16(2)25(15)19-13-18(21(3,4)5)26(23-19)17-11-12-24(14-17)20(27)28-22(6,7)8;1-13-7-8-14(2)21(13)17-11-16(18(3,4)5)22(19-17)15-9-10-20(6)12-15;1-9-6-7-10(2)16(9)12-8-11(14-15-12)13(3,4)5;2*1-12(2,3)10-7-11(13)14-16(10)9-5-6-15(4)8-9;1-8-5-6-11(7-8)9(12)13-10(2,3)4;1-9(2,3)13-8(12)10-5-4-7(11)6-10;1-2-3/h9-10,13,17H,11-12,14H2,1-8H3;7-8,11,15H,9-10,12H2,1-6H3;6-8H,1-5H3,(H,14,15);2*7,9H,5-6,8H2,1-4H3,(H2,13,14);8H,5-7H2,1-4H3;7,11H,4-6H2,1-3H3;2-3H,1H3. The Morgan fingerprint density at radius 1 is 0.386 bits per heavy atom. The van der Waals surface area contributed by atoms with Gasteiger partial charge in [0.1, 0.15) is 28.4 Å². The number of carbonyl (C=O) groups is 3. The fourth-order valence-corrected chi connectivity index (χ4v) is 16.5. The number of hydrogen-bond donors (Lipinski definition) is 6. The summed E-state index contributed by atoms with van der Waals surface area (Å²) in [6.07, 6.45) is 5.03. The van der Waals surface area contributed by atoms with E-state index in [0.717, 1.165) is 88.3 Å². The average molecular weight is 1770 g/mol. The van der Waals surface area contributed by atoms with Crippen LogP contribution in [0.1, 0.15) is 298 Å². The predicted molar refractivity (Wildman–Crippen MR) is 512 cm³/mol. The number of likely N-dealkylation sites (tertiary alicyclic amines) is 6. The van der Waals surface area contributed by atoms with Gasteiger partial charge in [-0.3, -0.25) is 23.8 Å². The van der Waals surface area contributed by atoms with Gasteiger partial charge in [0.25, 0.3) is 0 Å². The Labute approximate surface area is 761 Å². The number of hydrogen-bond acceptors (Lipinski definition) is 19. The summed E-state index contributed by atoms with van der Waals surface area (Å²) in [5.41, 5.74) is 25.9. The van der Waals surface area contributed by atoms with Crippen LogP contribution in [-0.2, 0) is 41.3 Å². The lowest BCUT2D eigenvalue weighted by molar-refractivity contribution is 0.0264.